The number of hydrogen-bond acceptors (Lipinski definition) is 3. The number of hydrogen-bond donors (Lipinski definition) is 2. The second-order valence-electron chi connectivity index (χ2n) is 4.18. The molecule has 0 aliphatic heterocycles. The normalized spacial score (nSPS) is 11.5. The number of benzene rings is 1. The highest BCUT2D eigenvalue weighted by atomic mass is 19.1. The van der Waals surface area contributed by atoms with Crippen LogP contribution in [0.3, 0.4) is 0 Å². The van der Waals surface area contributed by atoms with Crippen LogP contribution < -0.4 is 11.1 Å². The molecule has 0 atom stereocenters. The van der Waals surface area contributed by atoms with E-state index in [9.17, 15) is 4.39 Å². The Balaban J connectivity index is 2.80. The minimum atomic E-state index is -0.348. The van der Waals surface area contributed by atoms with Crippen LogP contribution in [0.2, 0.25) is 0 Å². The van der Waals surface area contributed by atoms with Gasteiger partial charge in [-0.3, -0.25) is 0 Å². The van der Waals surface area contributed by atoms with Gasteiger partial charge in [-0.25, -0.2) is 4.39 Å². The third kappa shape index (κ3) is 3.40. The van der Waals surface area contributed by atoms with Crippen LogP contribution in [0.25, 0.3) is 0 Å². The van der Waals surface area contributed by atoms with Crippen molar-refractivity contribution >= 4 is 11.4 Å². The van der Waals surface area contributed by atoms with Gasteiger partial charge < -0.3 is 15.8 Å². The molecular weight excluding hydrogens is 195 g/mol. The molecule has 0 unspecified atom stereocenters. The van der Waals surface area contributed by atoms with E-state index >= 15 is 0 Å². The molecule has 3 N–H and O–H groups in total. The number of nitrogens with two attached hydrogens (primary N) is 1. The van der Waals surface area contributed by atoms with E-state index in [0.29, 0.717) is 18.0 Å². The molecule has 84 valence electrons. The van der Waals surface area contributed by atoms with Crippen molar-refractivity contribution in [1.82, 2.24) is 0 Å². The Bertz CT molecular complexity index is 339. The maximum absolute atomic E-state index is 13.4. The van der Waals surface area contributed by atoms with Crippen molar-refractivity contribution in [2.24, 2.45) is 0 Å². The van der Waals surface area contributed by atoms with Gasteiger partial charge in [-0.1, -0.05) is 0 Å². The van der Waals surface area contributed by atoms with Crippen molar-refractivity contribution in [3.63, 3.8) is 0 Å². The summed E-state index contributed by atoms with van der Waals surface area (Å²) in [5.74, 6) is -0.348. The van der Waals surface area contributed by atoms with Crippen LogP contribution in [-0.2, 0) is 4.74 Å². The second-order valence-corrected chi connectivity index (χ2v) is 4.18. The van der Waals surface area contributed by atoms with Gasteiger partial charge in [-0.05, 0) is 32.0 Å². The van der Waals surface area contributed by atoms with Gasteiger partial charge in [0.25, 0.3) is 0 Å². The first-order chi connectivity index (χ1) is 6.94. The summed E-state index contributed by atoms with van der Waals surface area (Å²) < 4.78 is 18.5. The molecule has 0 aromatic heterocycles. The van der Waals surface area contributed by atoms with Crippen molar-refractivity contribution in [2.75, 3.05) is 24.8 Å². The van der Waals surface area contributed by atoms with Gasteiger partial charge in [0.15, 0.2) is 0 Å². The van der Waals surface area contributed by atoms with Crippen LogP contribution in [0, 0.1) is 5.82 Å². The molecular formula is C11H17FN2O. The summed E-state index contributed by atoms with van der Waals surface area (Å²) in [7, 11) is 1.61. The summed E-state index contributed by atoms with van der Waals surface area (Å²) in [5.41, 5.74) is 6.00. The van der Waals surface area contributed by atoms with Crippen LogP contribution in [0.1, 0.15) is 13.8 Å². The molecule has 1 aromatic rings. The van der Waals surface area contributed by atoms with Gasteiger partial charge in [0, 0.05) is 12.8 Å². The lowest BCUT2D eigenvalue weighted by molar-refractivity contribution is 0.158. The minimum Gasteiger partial charge on any atom is -0.399 e. The van der Waals surface area contributed by atoms with Crippen LogP contribution in [0.4, 0.5) is 15.8 Å². The molecule has 0 amide bonds. The van der Waals surface area contributed by atoms with Crippen molar-refractivity contribution < 1.29 is 9.13 Å². The van der Waals surface area contributed by atoms with E-state index < -0.39 is 0 Å². The quantitative estimate of drug-likeness (QED) is 0.752. The number of ether oxygens (including phenoxy) is 1. The SMILES string of the molecule is COCC(C)(C)Nc1ccc(N)cc1F. The molecule has 4 heteroatoms. The lowest BCUT2D eigenvalue weighted by Crippen LogP contribution is -2.36. The van der Waals surface area contributed by atoms with Gasteiger partial charge in [-0.2, -0.15) is 0 Å². The third-order valence-corrected chi connectivity index (χ3v) is 1.97. The average Bonchev–Trinajstić information content (AvgIpc) is 2.09. The van der Waals surface area contributed by atoms with Gasteiger partial charge >= 0.3 is 0 Å². The number of anilines is 2. The summed E-state index contributed by atoms with van der Waals surface area (Å²) in [5, 5.41) is 3.06. The maximum Gasteiger partial charge on any atom is 0.148 e. The van der Waals surface area contributed by atoms with E-state index in [2.05, 4.69) is 5.32 Å². The fourth-order valence-electron chi connectivity index (χ4n) is 1.39. The van der Waals surface area contributed by atoms with Crippen LogP contribution in [0.5, 0.6) is 0 Å². The zero-order chi connectivity index (χ0) is 11.5. The van der Waals surface area contributed by atoms with Crippen molar-refractivity contribution in [3.05, 3.63) is 24.0 Å². The zero-order valence-electron chi connectivity index (χ0n) is 9.30. The molecule has 0 saturated heterocycles. The molecule has 3 nitrogen and oxygen atoms in total. The topological polar surface area (TPSA) is 47.3 Å². The van der Waals surface area contributed by atoms with Gasteiger partial charge in [0.2, 0.25) is 0 Å². The molecule has 0 aliphatic carbocycles. The minimum absolute atomic E-state index is 0.314. The lowest BCUT2D eigenvalue weighted by atomic mass is 10.1. The number of rotatable bonds is 4. The Morgan fingerprint density at radius 3 is 2.67 bits per heavy atom. The Hall–Kier alpha value is -1.29. The van der Waals surface area contributed by atoms with E-state index in [0.717, 1.165) is 0 Å². The highest BCUT2D eigenvalue weighted by Gasteiger charge is 2.18. The van der Waals surface area contributed by atoms with Crippen LogP contribution in [-0.4, -0.2) is 19.3 Å². The summed E-state index contributed by atoms with van der Waals surface area (Å²) in [4.78, 5) is 0. The van der Waals surface area contributed by atoms with E-state index in [-0.39, 0.29) is 11.4 Å². The standard InChI is InChI=1S/C11H17FN2O/c1-11(2,7-15-3)14-10-5-4-8(13)6-9(10)12/h4-6,14H,7,13H2,1-3H3. The Kier molecular flexibility index (Phi) is 3.52. The molecule has 0 heterocycles. The first-order valence-corrected chi connectivity index (χ1v) is 4.77. The predicted octanol–water partition coefficient (Wildman–Crippen LogP) is 2.24. The number of halogens is 1. The molecule has 1 rings (SSSR count). The smallest absolute Gasteiger partial charge is 0.148 e. The number of nitrogens with one attached hydrogen (secondary N) is 1. The fraction of sp³-hybridized carbons (Fsp3) is 0.455. The number of nitrogen functional groups attached to an aromatic ring is 1. The molecule has 0 fully saturated rings. The molecule has 15 heavy (non-hydrogen) atoms. The van der Waals surface area contributed by atoms with Crippen molar-refractivity contribution in [3.8, 4) is 0 Å². The lowest BCUT2D eigenvalue weighted by Gasteiger charge is -2.26. The van der Waals surface area contributed by atoms with Gasteiger partial charge in [0.05, 0.1) is 17.8 Å². The average molecular weight is 212 g/mol. The first kappa shape index (κ1) is 11.8. The summed E-state index contributed by atoms with van der Waals surface area (Å²) in [6, 6.07) is 4.58. The fourth-order valence-corrected chi connectivity index (χ4v) is 1.39. The molecule has 0 saturated carbocycles. The highest BCUT2D eigenvalue weighted by Crippen LogP contribution is 2.21. The Labute approximate surface area is 89.4 Å². The summed E-state index contributed by atoms with van der Waals surface area (Å²) in [6.45, 7) is 4.37. The van der Waals surface area contributed by atoms with E-state index in [1.54, 1.807) is 19.2 Å². The molecule has 0 bridgehead atoms. The largest absolute Gasteiger partial charge is 0.399 e. The maximum atomic E-state index is 13.4. The van der Waals surface area contributed by atoms with Crippen LogP contribution in [0.15, 0.2) is 18.2 Å². The second kappa shape index (κ2) is 4.49. The molecule has 1 aromatic carbocycles. The highest BCUT2D eigenvalue weighted by molar-refractivity contribution is 5.53. The van der Waals surface area contributed by atoms with E-state index in [1.807, 2.05) is 13.8 Å². The molecule has 0 radical (unpaired) electrons. The molecule has 0 aliphatic rings. The first-order valence-electron chi connectivity index (χ1n) is 4.77. The van der Waals surface area contributed by atoms with Crippen molar-refractivity contribution in [2.45, 2.75) is 19.4 Å². The van der Waals surface area contributed by atoms with E-state index in [4.69, 9.17) is 10.5 Å². The van der Waals surface area contributed by atoms with Crippen molar-refractivity contribution in [1.29, 1.82) is 0 Å². The van der Waals surface area contributed by atoms with Crippen LogP contribution >= 0.6 is 0 Å². The predicted molar refractivity (Wildman–Crippen MR) is 60.4 cm³/mol. The van der Waals surface area contributed by atoms with E-state index in [1.165, 1.54) is 6.07 Å². The van der Waals surface area contributed by atoms with Gasteiger partial charge in [-0.15, -0.1) is 0 Å². The molecule has 0 spiro atoms. The van der Waals surface area contributed by atoms with Gasteiger partial charge in [0.1, 0.15) is 5.82 Å². The third-order valence-electron chi connectivity index (χ3n) is 1.97. The summed E-state index contributed by atoms with van der Waals surface area (Å²) >= 11 is 0. The Morgan fingerprint density at radius 1 is 1.47 bits per heavy atom. The zero-order valence-corrected chi connectivity index (χ0v) is 9.30. The Morgan fingerprint density at radius 2 is 2.13 bits per heavy atom. The number of methoxy groups -OCH3 is 1. The monoisotopic (exact) mass is 212 g/mol. The summed E-state index contributed by atoms with van der Waals surface area (Å²) in [6.07, 6.45) is 0.